The summed E-state index contributed by atoms with van der Waals surface area (Å²) >= 11 is 0.571. The van der Waals surface area contributed by atoms with Crippen molar-refractivity contribution in [2.45, 2.75) is 6.42 Å². The molecule has 0 aliphatic rings. The van der Waals surface area contributed by atoms with Crippen LogP contribution in [0.5, 0.6) is 0 Å². The van der Waals surface area contributed by atoms with E-state index in [1.165, 1.54) is 4.90 Å². The standard InChI is InChI=1S/C15H27N2O5.Tl/c1-3-7-17(2)15(19)4-5-16-6-9-20-11-13-22-14-12-21-10-8-18;/h1,16H,4-14H2,2H3;/q-1;+1. The van der Waals surface area contributed by atoms with E-state index >= 15 is 0 Å². The Hall–Kier alpha value is -0.248. The second kappa shape index (κ2) is 18.1. The maximum absolute atomic E-state index is 11.6. The molecule has 0 aromatic heterocycles. The molecule has 0 fully saturated rings. The van der Waals surface area contributed by atoms with Gasteiger partial charge in [0.1, 0.15) is 0 Å². The molecule has 0 aromatic rings. The van der Waals surface area contributed by atoms with Crippen molar-refractivity contribution < 1.29 is 21.7 Å². The second-order valence-electron chi connectivity index (χ2n) is 4.66. The average molecular weight is 520 g/mol. The minimum atomic E-state index is 0.0416. The van der Waals surface area contributed by atoms with Crippen LogP contribution in [0.3, 0.4) is 0 Å². The molecule has 0 saturated carbocycles. The number of terminal acetylenes is 1. The summed E-state index contributed by atoms with van der Waals surface area (Å²) in [6.45, 7) is 5.82. The molecular formula is C15H27N2O5Tl. The summed E-state index contributed by atoms with van der Waals surface area (Å²) < 4.78 is 21.1. The van der Waals surface area contributed by atoms with Gasteiger partial charge in [-0.2, -0.15) is 0 Å². The first kappa shape index (κ1) is 22.8. The van der Waals surface area contributed by atoms with Gasteiger partial charge in [-0.3, -0.25) is 4.79 Å². The monoisotopic (exact) mass is 520 g/mol. The quantitative estimate of drug-likeness (QED) is 0.164. The maximum atomic E-state index is 11.6. The number of amides is 1. The normalized spacial score (nSPS) is 10.4. The van der Waals surface area contributed by atoms with Crippen molar-refractivity contribution in [2.75, 3.05) is 72.9 Å². The number of nitrogens with zero attached hydrogens (tertiary/aromatic N) is 1. The zero-order valence-electron chi connectivity index (χ0n) is 13.9. The van der Waals surface area contributed by atoms with E-state index in [1.807, 2.05) is 0 Å². The van der Waals surface area contributed by atoms with E-state index in [-0.39, 0.29) is 5.91 Å². The van der Waals surface area contributed by atoms with Gasteiger partial charge in [0.25, 0.3) is 0 Å². The molecule has 0 saturated heterocycles. The molecule has 0 radical (unpaired) electrons. The first-order valence-electron chi connectivity index (χ1n) is 7.65. The van der Waals surface area contributed by atoms with Crippen molar-refractivity contribution in [3.63, 3.8) is 0 Å². The fourth-order valence-electron chi connectivity index (χ4n) is 1.53. The summed E-state index contributed by atoms with van der Waals surface area (Å²) in [6.07, 6.45) is 5.59. The van der Waals surface area contributed by atoms with Crippen LogP contribution in [0.2, 0.25) is 0 Å². The summed E-state index contributed by atoms with van der Waals surface area (Å²) in [5, 5.41) is 3.15. The van der Waals surface area contributed by atoms with Gasteiger partial charge < -0.3 is 10.2 Å². The van der Waals surface area contributed by atoms with Crippen molar-refractivity contribution >= 4 is 32.1 Å². The Balaban J connectivity index is 3.16. The van der Waals surface area contributed by atoms with E-state index in [0.717, 1.165) is 0 Å². The molecule has 7 nitrogen and oxygen atoms in total. The number of carbonyl (C=O) groups is 1. The predicted octanol–water partition coefficient (Wildman–Crippen LogP) is -0.792. The number of nitrogens with one attached hydrogen (secondary N) is 1. The van der Waals surface area contributed by atoms with Crippen LogP contribution in [0.25, 0.3) is 0 Å². The van der Waals surface area contributed by atoms with Crippen LogP contribution >= 0.6 is 0 Å². The zero-order valence-corrected chi connectivity index (χ0v) is 18.4. The average Bonchev–Trinajstić information content (AvgIpc) is 2.55. The number of hydrogen-bond donors (Lipinski definition) is 1. The van der Waals surface area contributed by atoms with Crippen molar-refractivity contribution in [3.05, 3.63) is 0 Å². The Kier molecular flexibility index (Phi) is 17.9. The molecule has 0 spiro atoms. The Bertz CT molecular complexity index is 325. The van der Waals surface area contributed by atoms with Gasteiger partial charge in [-0.05, 0) is 0 Å². The summed E-state index contributed by atoms with van der Waals surface area (Å²) in [5.74, 6) is 2.48. The fourth-order valence-corrected chi connectivity index (χ4v) is 1.90. The Labute approximate surface area is 155 Å². The first-order chi connectivity index (χ1) is 11.2. The number of rotatable bonds is 16. The predicted molar refractivity (Wildman–Crippen MR) is 88.1 cm³/mol. The van der Waals surface area contributed by atoms with Gasteiger partial charge in [0, 0.05) is 20.0 Å². The van der Waals surface area contributed by atoms with E-state index in [4.69, 9.17) is 23.3 Å². The summed E-state index contributed by atoms with van der Waals surface area (Å²) in [7, 11) is 1.70. The van der Waals surface area contributed by atoms with Gasteiger partial charge in [-0.15, -0.1) is 6.42 Å². The number of hydrogen-bond acceptors (Lipinski definition) is 6. The van der Waals surface area contributed by atoms with Gasteiger partial charge in [0.05, 0.1) is 6.54 Å². The molecule has 0 unspecified atom stereocenters. The van der Waals surface area contributed by atoms with E-state index in [2.05, 4.69) is 11.2 Å². The third kappa shape index (κ3) is 16.4. The SMILES string of the molecule is C#CCN(C)C(=O)CCNCCOCCOCCOCC[O][Tl]. The topological polar surface area (TPSA) is 69.3 Å². The van der Waals surface area contributed by atoms with Gasteiger partial charge in [0.15, 0.2) is 0 Å². The molecule has 1 amide bonds. The van der Waals surface area contributed by atoms with E-state index in [9.17, 15) is 4.79 Å². The van der Waals surface area contributed by atoms with Gasteiger partial charge in [-0.1, -0.05) is 5.92 Å². The fraction of sp³-hybridized carbons (Fsp3) is 0.800. The molecule has 1 N–H and O–H groups in total. The molecule has 0 aliphatic carbocycles. The van der Waals surface area contributed by atoms with Crippen LogP contribution in [0.1, 0.15) is 6.42 Å². The Morgan fingerprint density at radius 2 is 1.61 bits per heavy atom. The third-order valence-corrected chi connectivity index (χ3v) is 3.70. The van der Waals surface area contributed by atoms with Crippen molar-refractivity contribution in [2.24, 2.45) is 0 Å². The summed E-state index contributed by atoms with van der Waals surface area (Å²) in [6, 6.07) is 0. The molecule has 0 aromatic carbocycles. The Morgan fingerprint density at radius 1 is 1.04 bits per heavy atom. The third-order valence-electron chi connectivity index (χ3n) is 2.78. The van der Waals surface area contributed by atoms with Crippen molar-refractivity contribution in [1.82, 2.24) is 10.2 Å². The molecule has 0 bridgehead atoms. The van der Waals surface area contributed by atoms with Crippen LogP contribution < -0.4 is 5.32 Å². The molecule has 23 heavy (non-hydrogen) atoms. The van der Waals surface area contributed by atoms with Crippen LogP contribution in [-0.4, -0.2) is 110 Å². The molecule has 8 heteroatoms. The second-order valence-corrected chi connectivity index (χ2v) is 5.96. The van der Waals surface area contributed by atoms with E-state index in [1.54, 1.807) is 7.05 Å². The van der Waals surface area contributed by atoms with E-state index in [0.29, 0.717) is 98.5 Å². The molecule has 130 valence electrons. The van der Waals surface area contributed by atoms with Crippen LogP contribution in [0.4, 0.5) is 0 Å². The number of ether oxygens (including phenoxy) is 3. The van der Waals surface area contributed by atoms with Gasteiger partial charge in [-0.25, -0.2) is 0 Å². The van der Waals surface area contributed by atoms with Crippen molar-refractivity contribution in [1.29, 1.82) is 0 Å². The minimum absolute atomic E-state index is 0.0416. The molecule has 0 aliphatic heterocycles. The zero-order chi connectivity index (χ0) is 17.2. The van der Waals surface area contributed by atoms with E-state index < -0.39 is 0 Å². The van der Waals surface area contributed by atoms with Gasteiger partial charge >= 0.3 is 95.9 Å². The van der Waals surface area contributed by atoms with Crippen LogP contribution in [0.15, 0.2) is 0 Å². The molecule has 0 atom stereocenters. The van der Waals surface area contributed by atoms with Crippen LogP contribution in [-0.2, 0) is 21.7 Å². The number of carbonyl (C=O) groups excluding carboxylic acids is 1. The molecule has 0 rings (SSSR count). The van der Waals surface area contributed by atoms with Crippen LogP contribution in [0, 0.1) is 12.3 Å². The molecule has 0 heterocycles. The van der Waals surface area contributed by atoms with Crippen molar-refractivity contribution in [3.8, 4) is 12.3 Å². The first-order valence-corrected chi connectivity index (χ1v) is 9.48. The summed E-state index contributed by atoms with van der Waals surface area (Å²) in [5.41, 5.74) is 0. The molecular weight excluding hydrogens is 493 g/mol. The Morgan fingerprint density at radius 3 is 2.17 bits per heavy atom. The van der Waals surface area contributed by atoms with Gasteiger partial charge in [0.2, 0.25) is 5.91 Å². The summed E-state index contributed by atoms with van der Waals surface area (Å²) in [4.78, 5) is 13.1.